The fourth-order valence-corrected chi connectivity index (χ4v) is 4.63. The first-order valence-corrected chi connectivity index (χ1v) is 15.4. The van der Waals surface area contributed by atoms with Crippen LogP contribution in [-0.4, -0.2) is 57.1 Å². The number of benzene rings is 2. The van der Waals surface area contributed by atoms with Crippen LogP contribution >= 0.6 is 19.4 Å². The van der Waals surface area contributed by atoms with Crippen molar-refractivity contribution in [1.29, 1.82) is 0 Å². The number of phosphoric ester groups is 1. The molecule has 4 N–H and O–H groups in total. The predicted molar refractivity (Wildman–Crippen MR) is 164 cm³/mol. The van der Waals surface area contributed by atoms with Gasteiger partial charge in [-0.15, -0.1) is 0 Å². The molecule has 2 aromatic heterocycles. The van der Waals surface area contributed by atoms with E-state index in [1.807, 2.05) is 56.3 Å². The zero-order chi connectivity index (χ0) is 30.9. The first-order chi connectivity index (χ1) is 20.5. The summed E-state index contributed by atoms with van der Waals surface area (Å²) in [6.45, 7) is 5.23. The molecular formula is C29H35ClN5O7P. The third kappa shape index (κ3) is 10.3. The van der Waals surface area contributed by atoms with E-state index in [1.165, 1.54) is 6.33 Å². The van der Waals surface area contributed by atoms with E-state index in [9.17, 15) is 4.57 Å². The van der Waals surface area contributed by atoms with Crippen molar-refractivity contribution in [2.45, 2.75) is 38.8 Å². The van der Waals surface area contributed by atoms with Gasteiger partial charge in [0, 0.05) is 28.1 Å². The molecule has 0 atom stereocenters. The molecule has 0 amide bonds. The lowest BCUT2D eigenvalue weighted by Crippen LogP contribution is -2.41. The number of nitrogens with zero attached hydrogens (tertiary/aromatic N) is 3. The quantitative estimate of drug-likeness (QED) is 0.0891. The van der Waals surface area contributed by atoms with E-state index >= 15 is 0 Å². The second-order valence-electron chi connectivity index (χ2n) is 10.3. The number of nitrogens with one attached hydrogen (secondary N) is 2. The van der Waals surface area contributed by atoms with E-state index in [1.54, 1.807) is 19.4 Å². The minimum absolute atomic E-state index is 0.0468. The Labute approximate surface area is 255 Å². The highest BCUT2D eigenvalue weighted by atomic mass is 35.5. The Bertz CT molecular complexity index is 1550. The highest BCUT2D eigenvalue weighted by molar-refractivity contribution is 7.46. The average Bonchev–Trinajstić information content (AvgIpc) is 2.95. The van der Waals surface area contributed by atoms with Crippen molar-refractivity contribution in [3.63, 3.8) is 0 Å². The molecule has 0 fully saturated rings. The lowest BCUT2D eigenvalue weighted by Gasteiger charge is -2.26. The molecule has 2 aromatic carbocycles. The van der Waals surface area contributed by atoms with E-state index in [0.717, 1.165) is 16.6 Å². The molecule has 43 heavy (non-hydrogen) atoms. The summed E-state index contributed by atoms with van der Waals surface area (Å²) in [7, 11) is -2.90. The summed E-state index contributed by atoms with van der Waals surface area (Å²) in [5.74, 6) is 2.15. The average molecular weight is 632 g/mol. The maximum absolute atomic E-state index is 10.9. The molecule has 0 bridgehead atoms. The standard InChI is InChI=1S/C29H35ClN5O7P/c1-29(2,10-13-42-43(36,37)38)34-11-5-12-40-26-16-24-23(15-25(26)39-3)28(33-19-32-24)35-22-8-9-27(31-17-22)41-18-20-6-4-7-21(30)14-20/h4,6-9,14-17,19,34H,5,10-13,18H2,1-3H3,(H,32,33,35)(H2,36,37,38). The summed E-state index contributed by atoms with van der Waals surface area (Å²) in [5.41, 5.74) is 1.98. The molecule has 0 radical (unpaired) electrons. The fourth-order valence-electron chi connectivity index (χ4n) is 4.09. The van der Waals surface area contributed by atoms with Gasteiger partial charge < -0.3 is 34.6 Å². The van der Waals surface area contributed by atoms with Crippen molar-refractivity contribution in [3.8, 4) is 17.4 Å². The number of methoxy groups -OCH3 is 1. The van der Waals surface area contributed by atoms with Gasteiger partial charge >= 0.3 is 7.82 Å². The topological polar surface area (TPSA) is 157 Å². The van der Waals surface area contributed by atoms with Crippen LogP contribution in [0.2, 0.25) is 5.02 Å². The van der Waals surface area contributed by atoms with Gasteiger partial charge in [-0.05, 0) is 63.1 Å². The van der Waals surface area contributed by atoms with Gasteiger partial charge in [0.15, 0.2) is 11.5 Å². The van der Waals surface area contributed by atoms with Crippen LogP contribution in [0, 0.1) is 0 Å². The summed E-state index contributed by atoms with van der Waals surface area (Å²) in [5, 5.41) is 8.03. The first-order valence-electron chi connectivity index (χ1n) is 13.5. The lowest BCUT2D eigenvalue weighted by molar-refractivity contribution is 0.175. The van der Waals surface area contributed by atoms with Crippen LogP contribution in [0.4, 0.5) is 11.5 Å². The fraction of sp³-hybridized carbons (Fsp3) is 0.345. The third-order valence-electron chi connectivity index (χ3n) is 6.36. The Morgan fingerprint density at radius 3 is 2.56 bits per heavy atom. The van der Waals surface area contributed by atoms with Crippen LogP contribution in [0.1, 0.15) is 32.3 Å². The molecule has 14 heteroatoms. The minimum atomic E-state index is -4.47. The minimum Gasteiger partial charge on any atom is -0.493 e. The summed E-state index contributed by atoms with van der Waals surface area (Å²) in [4.78, 5) is 30.9. The van der Waals surface area contributed by atoms with Crippen LogP contribution in [0.3, 0.4) is 0 Å². The molecule has 4 aromatic rings. The predicted octanol–water partition coefficient (Wildman–Crippen LogP) is 5.65. The summed E-state index contributed by atoms with van der Waals surface area (Å²) in [6.07, 6.45) is 4.26. The zero-order valence-electron chi connectivity index (χ0n) is 24.1. The second kappa shape index (κ2) is 14.8. The largest absolute Gasteiger partial charge is 0.493 e. The Balaban J connectivity index is 1.32. The van der Waals surface area contributed by atoms with Crippen LogP contribution in [0.5, 0.6) is 17.4 Å². The van der Waals surface area contributed by atoms with Gasteiger partial charge in [-0.3, -0.25) is 4.52 Å². The van der Waals surface area contributed by atoms with Crippen molar-refractivity contribution >= 4 is 41.8 Å². The lowest BCUT2D eigenvalue weighted by atomic mass is 10.0. The van der Waals surface area contributed by atoms with Crippen molar-refractivity contribution in [2.75, 3.05) is 32.2 Å². The normalized spacial score (nSPS) is 11.9. The summed E-state index contributed by atoms with van der Waals surface area (Å²) in [6, 6.07) is 14.7. The molecule has 0 aliphatic heterocycles. The van der Waals surface area contributed by atoms with Crippen LogP contribution in [0.25, 0.3) is 10.9 Å². The van der Waals surface area contributed by atoms with Gasteiger partial charge in [-0.25, -0.2) is 19.5 Å². The van der Waals surface area contributed by atoms with Crippen molar-refractivity contribution in [1.82, 2.24) is 20.3 Å². The van der Waals surface area contributed by atoms with Gasteiger partial charge in [0.05, 0.1) is 37.7 Å². The number of rotatable bonds is 16. The Hall–Kier alpha value is -3.51. The molecule has 12 nitrogen and oxygen atoms in total. The smallest absolute Gasteiger partial charge is 0.469 e. The SMILES string of the molecule is COc1cc2c(Nc3ccc(OCc4cccc(Cl)c4)nc3)ncnc2cc1OCCCNC(C)(C)CCOP(=O)(O)O. The number of aromatic nitrogens is 3. The van der Waals surface area contributed by atoms with Crippen molar-refractivity contribution in [2.24, 2.45) is 0 Å². The Morgan fingerprint density at radius 2 is 1.84 bits per heavy atom. The number of hydrogen-bond donors (Lipinski definition) is 4. The van der Waals surface area contributed by atoms with Crippen LogP contribution in [-0.2, 0) is 15.7 Å². The maximum Gasteiger partial charge on any atom is 0.469 e. The zero-order valence-corrected chi connectivity index (χ0v) is 25.8. The number of fused-ring (bicyclic) bond motifs is 1. The molecule has 0 aliphatic carbocycles. The van der Waals surface area contributed by atoms with Crippen molar-refractivity contribution < 1.29 is 33.1 Å². The van der Waals surface area contributed by atoms with Gasteiger partial charge in [0.25, 0.3) is 0 Å². The first kappa shape index (κ1) is 32.4. The molecule has 4 rings (SSSR count). The number of ether oxygens (including phenoxy) is 3. The molecular weight excluding hydrogens is 597 g/mol. The third-order valence-corrected chi connectivity index (χ3v) is 7.12. The van der Waals surface area contributed by atoms with E-state index in [-0.39, 0.29) is 12.1 Å². The van der Waals surface area contributed by atoms with Gasteiger partial charge in [0.2, 0.25) is 5.88 Å². The summed E-state index contributed by atoms with van der Waals surface area (Å²) < 4.78 is 32.8. The Kier molecular flexibility index (Phi) is 11.1. The van der Waals surface area contributed by atoms with Crippen LogP contribution in [0.15, 0.2) is 61.1 Å². The number of anilines is 2. The molecule has 0 unspecified atom stereocenters. The number of pyridine rings is 1. The van der Waals surface area contributed by atoms with Crippen molar-refractivity contribution in [3.05, 3.63) is 71.6 Å². The number of halogens is 1. The summed E-state index contributed by atoms with van der Waals surface area (Å²) >= 11 is 6.04. The molecule has 0 aliphatic rings. The van der Waals surface area contributed by atoms with E-state index in [0.29, 0.717) is 66.3 Å². The second-order valence-corrected chi connectivity index (χ2v) is 11.9. The molecule has 0 saturated carbocycles. The monoisotopic (exact) mass is 631 g/mol. The highest BCUT2D eigenvalue weighted by Crippen LogP contribution is 2.36. The van der Waals surface area contributed by atoms with E-state index < -0.39 is 7.82 Å². The van der Waals surface area contributed by atoms with E-state index in [2.05, 4.69) is 30.1 Å². The number of hydrogen-bond acceptors (Lipinski definition) is 10. The van der Waals surface area contributed by atoms with Gasteiger partial charge in [-0.1, -0.05) is 23.7 Å². The molecule has 0 saturated heterocycles. The maximum atomic E-state index is 10.9. The van der Waals surface area contributed by atoms with Crippen LogP contribution < -0.4 is 24.8 Å². The highest BCUT2D eigenvalue weighted by Gasteiger charge is 2.20. The Morgan fingerprint density at radius 1 is 1.00 bits per heavy atom. The molecule has 230 valence electrons. The molecule has 0 spiro atoms. The van der Waals surface area contributed by atoms with Gasteiger partial charge in [0.1, 0.15) is 18.8 Å². The van der Waals surface area contributed by atoms with E-state index in [4.69, 9.17) is 35.6 Å². The number of phosphoric acid groups is 1. The van der Waals surface area contributed by atoms with Gasteiger partial charge in [-0.2, -0.15) is 0 Å². The molecule has 2 heterocycles.